The summed E-state index contributed by atoms with van der Waals surface area (Å²) in [5, 5.41) is 21.8. The van der Waals surface area contributed by atoms with Gasteiger partial charge in [-0.15, -0.1) is 10.2 Å². The van der Waals surface area contributed by atoms with Crippen LogP contribution in [0.4, 0.5) is 14.6 Å². The Morgan fingerprint density at radius 1 is 1.32 bits per heavy atom. The SMILES string of the molecule is CC(C(=O)Nc1ccc(OCC2CC2)nn1)N1CCC(F)(F)[C@@H](c2cc[n+]([O-])cc2)C1. The zero-order valence-corrected chi connectivity index (χ0v) is 17.2. The van der Waals surface area contributed by atoms with Crippen LogP contribution in [0.3, 0.4) is 0 Å². The van der Waals surface area contributed by atoms with Crippen LogP contribution in [0.25, 0.3) is 0 Å². The van der Waals surface area contributed by atoms with Gasteiger partial charge in [-0.3, -0.25) is 9.69 Å². The van der Waals surface area contributed by atoms with Crippen molar-refractivity contribution in [3.63, 3.8) is 0 Å². The van der Waals surface area contributed by atoms with Gasteiger partial charge in [0.05, 0.1) is 18.6 Å². The van der Waals surface area contributed by atoms with Gasteiger partial charge in [0.15, 0.2) is 18.2 Å². The Labute approximate surface area is 178 Å². The number of alkyl halides is 2. The van der Waals surface area contributed by atoms with Crippen molar-refractivity contribution in [3.05, 3.63) is 47.4 Å². The highest BCUT2D eigenvalue weighted by molar-refractivity contribution is 5.93. The molecule has 0 radical (unpaired) electrons. The number of aromatic nitrogens is 3. The average Bonchev–Trinajstić information content (AvgIpc) is 3.58. The average molecular weight is 433 g/mol. The van der Waals surface area contributed by atoms with E-state index in [1.165, 1.54) is 37.4 Å². The van der Waals surface area contributed by atoms with E-state index in [-0.39, 0.29) is 31.2 Å². The van der Waals surface area contributed by atoms with Crippen molar-refractivity contribution >= 4 is 11.7 Å². The molecule has 1 aliphatic carbocycles. The summed E-state index contributed by atoms with van der Waals surface area (Å²) in [6.45, 7) is 2.39. The highest BCUT2D eigenvalue weighted by Gasteiger charge is 2.46. The smallest absolute Gasteiger partial charge is 0.257 e. The molecule has 1 unspecified atom stereocenters. The first-order valence-electron chi connectivity index (χ1n) is 10.4. The number of piperidine rings is 1. The maximum Gasteiger partial charge on any atom is 0.257 e. The Bertz CT molecular complexity index is 906. The third kappa shape index (κ3) is 5.25. The number of anilines is 1. The molecule has 1 aliphatic heterocycles. The number of nitrogens with one attached hydrogen (secondary N) is 1. The van der Waals surface area contributed by atoms with Crippen LogP contribution in [0, 0.1) is 11.1 Å². The van der Waals surface area contributed by atoms with Gasteiger partial charge in [-0.05, 0) is 37.3 Å². The zero-order valence-electron chi connectivity index (χ0n) is 17.2. The standard InChI is InChI=1S/C21H25F2N5O3/c1-14(20(29)24-18-4-5-19(26-25-18)31-13-15-2-3-15)27-11-8-21(22,23)17(12-27)16-6-9-28(30)10-7-16/h4-7,9-10,14-15,17H,2-3,8,11-13H2,1H3,(H,24,25,29)/t14?,17-/m1/s1. The van der Waals surface area contributed by atoms with Crippen molar-refractivity contribution < 1.29 is 23.0 Å². The number of hydrogen-bond donors (Lipinski definition) is 1. The molecule has 1 N–H and O–H groups in total. The fourth-order valence-corrected chi connectivity index (χ4v) is 3.63. The Morgan fingerprint density at radius 2 is 2.06 bits per heavy atom. The summed E-state index contributed by atoms with van der Waals surface area (Å²) >= 11 is 0. The third-order valence-corrected chi connectivity index (χ3v) is 5.87. The summed E-state index contributed by atoms with van der Waals surface area (Å²) in [5.74, 6) is -3.08. The number of halogens is 2. The van der Waals surface area contributed by atoms with Crippen LogP contribution in [0.5, 0.6) is 5.88 Å². The molecule has 1 amide bonds. The van der Waals surface area contributed by atoms with Gasteiger partial charge in [0.1, 0.15) is 0 Å². The molecule has 10 heteroatoms. The molecule has 1 saturated carbocycles. The lowest BCUT2D eigenvalue weighted by molar-refractivity contribution is -0.605. The molecular formula is C21H25F2N5O3. The molecule has 2 aromatic heterocycles. The lowest BCUT2D eigenvalue weighted by Crippen LogP contribution is -2.52. The second-order valence-corrected chi connectivity index (χ2v) is 8.23. The number of pyridine rings is 1. The quantitative estimate of drug-likeness (QED) is 0.532. The Kier molecular flexibility index (Phi) is 5.99. The van der Waals surface area contributed by atoms with Crippen molar-refractivity contribution in [2.24, 2.45) is 5.92 Å². The molecule has 31 heavy (non-hydrogen) atoms. The van der Waals surface area contributed by atoms with E-state index in [0.29, 0.717) is 28.7 Å². The van der Waals surface area contributed by atoms with Crippen LogP contribution in [0.2, 0.25) is 0 Å². The molecule has 2 atom stereocenters. The van der Waals surface area contributed by atoms with E-state index >= 15 is 0 Å². The molecule has 3 heterocycles. The molecule has 2 aromatic rings. The second-order valence-electron chi connectivity index (χ2n) is 8.23. The molecule has 1 saturated heterocycles. The van der Waals surface area contributed by atoms with Crippen LogP contribution in [0.15, 0.2) is 36.7 Å². The molecule has 0 aromatic carbocycles. The van der Waals surface area contributed by atoms with Gasteiger partial charge in [-0.2, -0.15) is 4.73 Å². The predicted octanol–water partition coefficient (Wildman–Crippen LogP) is 2.35. The first kappa shape index (κ1) is 21.4. The number of carbonyl (C=O) groups excluding carboxylic acids is 1. The number of rotatable bonds is 7. The number of ether oxygens (including phenoxy) is 1. The van der Waals surface area contributed by atoms with Crippen LogP contribution in [-0.4, -0.2) is 52.7 Å². The summed E-state index contributed by atoms with van der Waals surface area (Å²) in [6.07, 6.45) is 4.39. The van der Waals surface area contributed by atoms with E-state index in [1.807, 2.05) is 0 Å². The van der Waals surface area contributed by atoms with Crippen molar-refractivity contribution in [1.82, 2.24) is 15.1 Å². The van der Waals surface area contributed by atoms with Crippen molar-refractivity contribution in [3.8, 4) is 5.88 Å². The second kappa shape index (κ2) is 8.70. The highest BCUT2D eigenvalue weighted by atomic mass is 19.3. The topological polar surface area (TPSA) is 94.3 Å². The normalized spacial score (nSPS) is 22.0. The first-order valence-corrected chi connectivity index (χ1v) is 10.4. The van der Waals surface area contributed by atoms with E-state index in [2.05, 4.69) is 15.5 Å². The Balaban J connectivity index is 1.36. The maximum atomic E-state index is 14.6. The molecule has 0 bridgehead atoms. The number of amides is 1. The molecule has 2 aliphatic rings. The zero-order chi connectivity index (χ0) is 22.0. The first-order chi connectivity index (χ1) is 14.8. The summed E-state index contributed by atoms with van der Waals surface area (Å²) in [6, 6.07) is 5.42. The molecule has 166 valence electrons. The van der Waals surface area contributed by atoms with E-state index in [4.69, 9.17) is 4.74 Å². The monoisotopic (exact) mass is 433 g/mol. The Morgan fingerprint density at radius 3 is 2.71 bits per heavy atom. The molecule has 2 fully saturated rings. The third-order valence-electron chi connectivity index (χ3n) is 5.87. The van der Waals surface area contributed by atoms with Gasteiger partial charge >= 0.3 is 0 Å². The van der Waals surface area contributed by atoms with E-state index in [9.17, 15) is 18.8 Å². The number of hydrogen-bond acceptors (Lipinski definition) is 6. The summed E-state index contributed by atoms with van der Waals surface area (Å²) < 4.78 is 35.2. The van der Waals surface area contributed by atoms with Gasteiger partial charge in [-0.1, -0.05) is 0 Å². The van der Waals surface area contributed by atoms with E-state index in [1.54, 1.807) is 24.0 Å². The fourth-order valence-electron chi connectivity index (χ4n) is 3.63. The van der Waals surface area contributed by atoms with Crippen molar-refractivity contribution in [2.45, 2.75) is 44.1 Å². The highest BCUT2D eigenvalue weighted by Crippen LogP contribution is 2.40. The van der Waals surface area contributed by atoms with Gasteiger partial charge in [-0.25, -0.2) is 8.78 Å². The molecular weight excluding hydrogens is 408 g/mol. The minimum absolute atomic E-state index is 0.00405. The number of nitrogens with zero attached hydrogens (tertiary/aromatic N) is 4. The van der Waals surface area contributed by atoms with Gasteiger partial charge in [0.2, 0.25) is 11.8 Å². The molecule has 0 spiro atoms. The van der Waals surface area contributed by atoms with Crippen LogP contribution in [-0.2, 0) is 4.79 Å². The van der Waals surface area contributed by atoms with Crippen LogP contribution in [0.1, 0.15) is 37.7 Å². The van der Waals surface area contributed by atoms with Crippen LogP contribution < -0.4 is 14.8 Å². The lowest BCUT2D eigenvalue weighted by atomic mass is 9.87. The lowest BCUT2D eigenvalue weighted by Gasteiger charge is -2.40. The summed E-state index contributed by atoms with van der Waals surface area (Å²) in [7, 11) is 0. The predicted molar refractivity (Wildman–Crippen MR) is 108 cm³/mol. The molecule has 4 rings (SSSR count). The Hall–Kier alpha value is -2.88. The summed E-state index contributed by atoms with van der Waals surface area (Å²) in [5.41, 5.74) is 0.377. The maximum absolute atomic E-state index is 14.6. The van der Waals surface area contributed by atoms with Gasteiger partial charge < -0.3 is 15.3 Å². The fraction of sp³-hybridized carbons (Fsp3) is 0.524. The van der Waals surface area contributed by atoms with E-state index in [0.717, 1.165) is 0 Å². The molecule has 8 nitrogen and oxygen atoms in total. The van der Waals surface area contributed by atoms with Gasteiger partial charge in [0.25, 0.3) is 5.92 Å². The number of likely N-dealkylation sites (tertiary alicyclic amines) is 1. The number of carbonyl (C=O) groups is 1. The van der Waals surface area contributed by atoms with Crippen molar-refractivity contribution in [2.75, 3.05) is 25.0 Å². The minimum Gasteiger partial charge on any atom is -0.619 e. The van der Waals surface area contributed by atoms with E-state index < -0.39 is 17.9 Å². The minimum atomic E-state index is -2.91. The summed E-state index contributed by atoms with van der Waals surface area (Å²) in [4.78, 5) is 14.4. The largest absolute Gasteiger partial charge is 0.619 e. The van der Waals surface area contributed by atoms with Crippen LogP contribution >= 0.6 is 0 Å². The van der Waals surface area contributed by atoms with Gasteiger partial charge in [0, 0.05) is 37.7 Å². The van der Waals surface area contributed by atoms with Crippen molar-refractivity contribution in [1.29, 1.82) is 0 Å².